The highest BCUT2D eigenvalue weighted by atomic mass is 79.9. The second kappa shape index (κ2) is 7.09. The Labute approximate surface area is 199 Å². The minimum absolute atomic E-state index is 1.08. The van der Waals surface area contributed by atoms with Crippen molar-refractivity contribution in [1.82, 2.24) is 9.13 Å². The molecule has 0 saturated heterocycles. The largest absolute Gasteiger partial charge is 0.309 e. The van der Waals surface area contributed by atoms with E-state index >= 15 is 0 Å². The molecule has 0 N–H and O–H groups in total. The molecule has 2 heterocycles. The third-order valence-corrected chi connectivity index (χ3v) is 7.08. The summed E-state index contributed by atoms with van der Waals surface area (Å²) < 4.78 is 5.79. The van der Waals surface area contributed by atoms with Gasteiger partial charge in [0, 0.05) is 37.4 Å². The zero-order valence-electron chi connectivity index (χ0n) is 17.7. The number of hydrogen-bond acceptors (Lipinski definition) is 0. The molecular weight excluding hydrogens is 468 g/mol. The second-order valence-electron chi connectivity index (χ2n) is 8.40. The monoisotopic (exact) mass is 486 g/mol. The molecule has 0 radical (unpaired) electrons. The predicted molar refractivity (Wildman–Crippen MR) is 143 cm³/mol. The van der Waals surface area contributed by atoms with E-state index in [1.807, 2.05) is 0 Å². The molecule has 0 aliphatic carbocycles. The molecule has 2 nitrogen and oxygen atoms in total. The number of para-hydroxylation sites is 3. The molecule has 0 spiro atoms. The average Bonchev–Trinajstić information content (AvgIpc) is 3.37. The summed E-state index contributed by atoms with van der Waals surface area (Å²) in [4.78, 5) is 0. The molecule has 0 bridgehead atoms. The molecule has 0 aliphatic heterocycles. The van der Waals surface area contributed by atoms with Crippen molar-refractivity contribution in [2.75, 3.05) is 0 Å². The Balaban J connectivity index is 1.47. The van der Waals surface area contributed by atoms with Crippen LogP contribution in [0.25, 0.3) is 55.0 Å². The SMILES string of the molecule is Brc1ccc2c3ccccc3n(-c3ccc(-n4c5ccccc5c5ccccc54)cc3)c2c1. The Hall–Kier alpha value is -3.82. The van der Waals surface area contributed by atoms with Crippen LogP contribution in [0.5, 0.6) is 0 Å². The van der Waals surface area contributed by atoms with E-state index in [0.29, 0.717) is 0 Å². The van der Waals surface area contributed by atoms with Gasteiger partial charge in [-0.3, -0.25) is 0 Å². The van der Waals surface area contributed by atoms with Crippen LogP contribution < -0.4 is 0 Å². The van der Waals surface area contributed by atoms with E-state index in [4.69, 9.17) is 0 Å². The topological polar surface area (TPSA) is 9.86 Å². The van der Waals surface area contributed by atoms with Crippen molar-refractivity contribution in [2.24, 2.45) is 0 Å². The van der Waals surface area contributed by atoms with Gasteiger partial charge in [0.15, 0.2) is 0 Å². The summed E-state index contributed by atoms with van der Waals surface area (Å²) in [7, 11) is 0. The van der Waals surface area contributed by atoms with Crippen molar-refractivity contribution in [2.45, 2.75) is 0 Å². The van der Waals surface area contributed by atoms with Crippen LogP contribution >= 0.6 is 15.9 Å². The highest BCUT2D eigenvalue weighted by Gasteiger charge is 2.14. The van der Waals surface area contributed by atoms with Gasteiger partial charge in [-0.1, -0.05) is 76.6 Å². The van der Waals surface area contributed by atoms with E-state index in [-0.39, 0.29) is 0 Å². The van der Waals surface area contributed by atoms with Crippen LogP contribution in [-0.4, -0.2) is 9.13 Å². The minimum atomic E-state index is 1.08. The Morgan fingerprint density at radius 2 is 0.788 bits per heavy atom. The van der Waals surface area contributed by atoms with Gasteiger partial charge in [0.1, 0.15) is 0 Å². The van der Waals surface area contributed by atoms with Crippen LogP contribution in [0.15, 0.2) is 120 Å². The molecule has 156 valence electrons. The number of hydrogen-bond donors (Lipinski definition) is 0. The number of rotatable bonds is 2. The lowest BCUT2D eigenvalue weighted by Crippen LogP contribution is -1.97. The van der Waals surface area contributed by atoms with Crippen molar-refractivity contribution in [3.63, 3.8) is 0 Å². The smallest absolute Gasteiger partial charge is 0.0552 e. The first kappa shape index (κ1) is 18.7. The number of halogens is 1. The molecule has 7 aromatic rings. The van der Waals surface area contributed by atoms with Gasteiger partial charge in [0.25, 0.3) is 0 Å². The average molecular weight is 487 g/mol. The second-order valence-corrected chi connectivity index (χ2v) is 9.32. The van der Waals surface area contributed by atoms with Crippen LogP contribution in [0.2, 0.25) is 0 Å². The molecule has 7 rings (SSSR count). The van der Waals surface area contributed by atoms with Crippen molar-refractivity contribution >= 4 is 59.5 Å². The summed E-state index contributed by atoms with van der Waals surface area (Å²) >= 11 is 3.66. The Morgan fingerprint density at radius 3 is 1.27 bits per heavy atom. The first-order chi connectivity index (χ1) is 16.3. The first-order valence-corrected chi connectivity index (χ1v) is 11.9. The lowest BCUT2D eigenvalue weighted by Gasteiger charge is -2.11. The third kappa shape index (κ3) is 2.73. The molecule has 3 heteroatoms. The fraction of sp³-hybridized carbons (Fsp3) is 0. The Bertz CT molecular complexity index is 1770. The molecule has 0 saturated carbocycles. The van der Waals surface area contributed by atoms with Crippen LogP contribution in [0, 0.1) is 0 Å². The molecule has 0 amide bonds. The summed E-state index contributed by atoms with van der Waals surface area (Å²) in [6.45, 7) is 0. The van der Waals surface area contributed by atoms with E-state index in [2.05, 4.69) is 140 Å². The van der Waals surface area contributed by atoms with Crippen LogP contribution in [0.1, 0.15) is 0 Å². The molecule has 0 fully saturated rings. The van der Waals surface area contributed by atoms with Crippen LogP contribution in [0.4, 0.5) is 0 Å². The van der Waals surface area contributed by atoms with Gasteiger partial charge >= 0.3 is 0 Å². The number of aromatic nitrogens is 2. The first-order valence-electron chi connectivity index (χ1n) is 11.1. The Kier molecular flexibility index (Phi) is 4.02. The molecule has 2 aromatic heterocycles. The maximum Gasteiger partial charge on any atom is 0.0552 e. The van der Waals surface area contributed by atoms with E-state index < -0.39 is 0 Å². The van der Waals surface area contributed by atoms with Crippen LogP contribution in [-0.2, 0) is 0 Å². The van der Waals surface area contributed by atoms with Gasteiger partial charge < -0.3 is 9.13 Å². The zero-order valence-corrected chi connectivity index (χ0v) is 19.3. The zero-order chi connectivity index (χ0) is 21.9. The van der Waals surface area contributed by atoms with E-state index in [1.54, 1.807) is 0 Å². The minimum Gasteiger partial charge on any atom is -0.309 e. The molecular formula is C30H19BrN2. The van der Waals surface area contributed by atoms with E-state index in [1.165, 1.54) is 43.6 Å². The highest BCUT2D eigenvalue weighted by Crippen LogP contribution is 2.35. The van der Waals surface area contributed by atoms with Crippen molar-refractivity contribution in [1.29, 1.82) is 0 Å². The summed E-state index contributed by atoms with van der Waals surface area (Å²) in [5.74, 6) is 0. The maximum atomic E-state index is 3.66. The van der Waals surface area contributed by atoms with Gasteiger partial charge in [-0.15, -0.1) is 0 Å². The summed E-state index contributed by atoms with van der Waals surface area (Å²) in [5, 5.41) is 5.10. The lowest BCUT2D eigenvalue weighted by molar-refractivity contribution is 1.14. The number of nitrogens with zero attached hydrogens (tertiary/aromatic N) is 2. The molecule has 0 unspecified atom stereocenters. The predicted octanol–water partition coefficient (Wildman–Crippen LogP) is 8.64. The standard InChI is InChI=1S/C30H19BrN2/c31-20-13-18-26-25-9-3-6-12-29(25)33(30(26)19-20)22-16-14-21(15-17-22)32-27-10-4-1-7-23(27)24-8-2-5-11-28(24)32/h1-19H. The summed E-state index contributed by atoms with van der Waals surface area (Å²) in [6.07, 6.45) is 0. The van der Waals surface area contributed by atoms with Crippen molar-refractivity contribution < 1.29 is 0 Å². The Morgan fingerprint density at radius 1 is 0.394 bits per heavy atom. The molecule has 33 heavy (non-hydrogen) atoms. The number of fused-ring (bicyclic) bond motifs is 6. The van der Waals surface area contributed by atoms with Gasteiger partial charge in [-0.05, 0) is 54.6 Å². The number of benzene rings is 5. The summed E-state index contributed by atoms with van der Waals surface area (Å²) in [6, 6.07) is 41.3. The quantitative estimate of drug-likeness (QED) is 0.231. The molecule has 0 atom stereocenters. The van der Waals surface area contributed by atoms with Gasteiger partial charge in [-0.25, -0.2) is 0 Å². The van der Waals surface area contributed by atoms with Crippen molar-refractivity contribution in [3.05, 3.63) is 120 Å². The third-order valence-electron chi connectivity index (χ3n) is 6.58. The molecule has 5 aromatic carbocycles. The fourth-order valence-corrected chi connectivity index (χ4v) is 5.52. The highest BCUT2D eigenvalue weighted by molar-refractivity contribution is 9.10. The van der Waals surface area contributed by atoms with Gasteiger partial charge in [0.2, 0.25) is 0 Å². The van der Waals surface area contributed by atoms with Crippen LogP contribution in [0.3, 0.4) is 0 Å². The maximum absolute atomic E-state index is 3.66. The fourth-order valence-electron chi connectivity index (χ4n) is 5.17. The van der Waals surface area contributed by atoms with E-state index in [9.17, 15) is 0 Å². The normalized spacial score (nSPS) is 11.8. The van der Waals surface area contributed by atoms with Gasteiger partial charge in [-0.2, -0.15) is 0 Å². The van der Waals surface area contributed by atoms with Crippen molar-refractivity contribution in [3.8, 4) is 11.4 Å². The summed E-state index contributed by atoms with van der Waals surface area (Å²) in [5.41, 5.74) is 7.20. The van der Waals surface area contributed by atoms with E-state index in [0.717, 1.165) is 15.8 Å². The lowest BCUT2D eigenvalue weighted by atomic mass is 10.2. The van der Waals surface area contributed by atoms with Gasteiger partial charge in [0.05, 0.1) is 22.1 Å². The molecule has 0 aliphatic rings.